The molecule has 2 unspecified atom stereocenters. The first-order valence-corrected chi connectivity index (χ1v) is 13.0. The summed E-state index contributed by atoms with van der Waals surface area (Å²) >= 11 is 0. The van der Waals surface area contributed by atoms with Crippen molar-refractivity contribution in [3.63, 3.8) is 0 Å². The number of aliphatic hydroxyl groups is 1. The van der Waals surface area contributed by atoms with Crippen molar-refractivity contribution in [1.82, 2.24) is 10.2 Å². The summed E-state index contributed by atoms with van der Waals surface area (Å²) < 4.78 is 5.30. The summed E-state index contributed by atoms with van der Waals surface area (Å²) in [7, 11) is 0. The molecule has 0 aliphatic rings. The zero-order valence-electron chi connectivity index (χ0n) is 23.7. The van der Waals surface area contributed by atoms with Crippen molar-refractivity contribution < 1.29 is 24.2 Å². The average molecular weight is 534 g/mol. The van der Waals surface area contributed by atoms with Crippen LogP contribution in [-0.2, 0) is 14.3 Å². The van der Waals surface area contributed by atoms with Crippen LogP contribution in [0.5, 0.6) is 0 Å². The van der Waals surface area contributed by atoms with E-state index in [1.54, 1.807) is 47.6 Å². The SMILES string of the molecule is Cc1ccccc1C(C(=O)Nc1ccc2ccccc2c1)N(C(=O)C(CO)NC(=O)OC(C)(C)C)C(C)(C)C. The van der Waals surface area contributed by atoms with Gasteiger partial charge in [-0.15, -0.1) is 0 Å². The summed E-state index contributed by atoms with van der Waals surface area (Å²) in [6.07, 6.45) is -0.836. The number of nitrogens with one attached hydrogen (secondary N) is 2. The number of amides is 3. The van der Waals surface area contributed by atoms with E-state index >= 15 is 0 Å². The lowest BCUT2D eigenvalue weighted by Gasteiger charge is -2.43. The Bertz CT molecular complexity index is 1340. The standard InChI is InChI=1S/C31H39N3O5/c1-20-12-8-11-15-24(20)26(27(36)32-23-17-16-21-13-9-10-14-22(21)18-23)34(30(2,3)4)28(37)25(19-35)33-29(38)39-31(5,6)7/h8-18,25-26,35H,19H2,1-7H3,(H,32,36)(H,33,38). The van der Waals surface area contributed by atoms with Crippen molar-refractivity contribution in [1.29, 1.82) is 0 Å². The Morgan fingerprint density at radius 3 is 2.10 bits per heavy atom. The second-order valence-electron chi connectivity index (χ2n) is 11.6. The largest absolute Gasteiger partial charge is 0.444 e. The van der Waals surface area contributed by atoms with Gasteiger partial charge >= 0.3 is 6.09 Å². The molecule has 8 heteroatoms. The fraction of sp³-hybridized carbons (Fsp3) is 0.387. The van der Waals surface area contributed by atoms with Gasteiger partial charge in [-0.2, -0.15) is 0 Å². The number of carbonyl (C=O) groups is 3. The second kappa shape index (κ2) is 11.9. The van der Waals surface area contributed by atoms with E-state index in [0.717, 1.165) is 16.3 Å². The lowest BCUT2D eigenvalue weighted by Crippen LogP contribution is -2.59. The Hall–Kier alpha value is -3.91. The van der Waals surface area contributed by atoms with E-state index in [1.165, 1.54) is 4.90 Å². The van der Waals surface area contributed by atoms with Crippen molar-refractivity contribution in [2.45, 2.75) is 71.7 Å². The van der Waals surface area contributed by atoms with Gasteiger partial charge < -0.3 is 25.4 Å². The maximum atomic E-state index is 14.0. The predicted molar refractivity (Wildman–Crippen MR) is 153 cm³/mol. The van der Waals surface area contributed by atoms with Crippen molar-refractivity contribution >= 4 is 34.4 Å². The van der Waals surface area contributed by atoms with Crippen LogP contribution in [0.15, 0.2) is 66.7 Å². The topological polar surface area (TPSA) is 108 Å². The highest BCUT2D eigenvalue weighted by atomic mass is 16.6. The van der Waals surface area contributed by atoms with Gasteiger partial charge in [0.15, 0.2) is 0 Å². The molecule has 0 heterocycles. The first-order chi connectivity index (χ1) is 18.2. The van der Waals surface area contributed by atoms with Gasteiger partial charge in [0.1, 0.15) is 17.7 Å². The molecule has 0 fully saturated rings. The highest BCUT2D eigenvalue weighted by molar-refractivity contribution is 6.00. The summed E-state index contributed by atoms with van der Waals surface area (Å²) in [5, 5.41) is 17.6. The molecule has 2 atom stereocenters. The van der Waals surface area contributed by atoms with E-state index < -0.39 is 47.7 Å². The smallest absolute Gasteiger partial charge is 0.408 e. The number of hydrogen-bond acceptors (Lipinski definition) is 5. The van der Waals surface area contributed by atoms with Crippen LogP contribution in [0.1, 0.15) is 58.7 Å². The highest BCUT2D eigenvalue weighted by Crippen LogP contribution is 2.33. The van der Waals surface area contributed by atoms with Gasteiger partial charge in [-0.25, -0.2) is 4.79 Å². The van der Waals surface area contributed by atoms with Gasteiger partial charge in [-0.05, 0) is 82.5 Å². The molecule has 0 bridgehead atoms. The minimum Gasteiger partial charge on any atom is -0.444 e. The number of rotatable bonds is 7. The molecule has 3 aromatic carbocycles. The average Bonchev–Trinajstić information content (AvgIpc) is 2.84. The lowest BCUT2D eigenvalue weighted by molar-refractivity contribution is -0.147. The van der Waals surface area contributed by atoms with E-state index in [4.69, 9.17) is 4.74 Å². The molecular weight excluding hydrogens is 494 g/mol. The molecule has 0 aliphatic heterocycles. The Labute approximate surface area is 230 Å². The summed E-state index contributed by atoms with van der Waals surface area (Å²) in [5.74, 6) is -1.03. The summed E-state index contributed by atoms with van der Waals surface area (Å²) in [6, 6.07) is 18.4. The zero-order chi connectivity index (χ0) is 29.0. The quantitative estimate of drug-likeness (QED) is 0.380. The number of hydrogen-bond donors (Lipinski definition) is 3. The van der Waals surface area contributed by atoms with Gasteiger partial charge in [0, 0.05) is 11.2 Å². The third kappa shape index (κ3) is 7.57. The predicted octanol–water partition coefficient (Wildman–Crippen LogP) is 5.34. The lowest BCUT2D eigenvalue weighted by atomic mass is 9.93. The Balaban J connectivity index is 2.04. The number of aliphatic hydroxyl groups excluding tert-OH is 1. The van der Waals surface area contributed by atoms with Crippen molar-refractivity contribution in [2.75, 3.05) is 11.9 Å². The van der Waals surface area contributed by atoms with Gasteiger partial charge in [0.25, 0.3) is 5.91 Å². The number of alkyl carbamates (subject to hydrolysis) is 1. The molecule has 3 rings (SSSR count). The number of nitrogens with zero attached hydrogens (tertiary/aromatic N) is 1. The van der Waals surface area contributed by atoms with Crippen molar-refractivity contribution in [3.05, 3.63) is 77.9 Å². The fourth-order valence-electron chi connectivity index (χ4n) is 4.42. The summed E-state index contributed by atoms with van der Waals surface area (Å²) in [6.45, 7) is 11.7. The van der Waals surface area contributed by atoms with Gasteiger partial charge in [0.2, 0.25) is 5.91 Å². The van der Waals surface area contributed by atoms with Gasteiger partial charge in [-0.1, -0.05) is 54.6 Å². The second-order valence-corrected chi connectivity index (χ2v) is 11.6. The maximum absolute atomic E-state index is 14.0. The van der Waals surface area contributed by atoms with Crippen LogP contribution in [0.4, 0.5) is 10.5 Å². The normalized spacial score (nSPS) is 13.3. The molecule has 3 aromatic rings. The van der Waals surface area contributed by atoms with Crippen LogP contribution in [0.3, 0.4) is 0 Å². The number of benzene rings is 3. The monoisotopic (exact) mass is 533 g/mol. The fourth-order valence-corrected chi connectivity index (χ4v) is 4.42. The summed E-state index contributed by atoms with van der Waals surface area (Å²) in [4.78, 5) is 41.9. The molecule has 0 aliphatic carbocycles. The van der Waals surface area contributed by atoms with Crippen LogP contribution in [0.2, 0.25) is 0 Å². The number of carbonyl (C=O) groups excluding carboxylic acids is 3. The Morgan fingerprint density at radius 2 is 1.51 bits per heavy atom. The van der Waals surface area contributed by atoms with Crippen molar-refractivity contribution in [3.8, 4) is 0 Å². The van der Waals surface area contributed by atoms with Crippen LogP contribution in [0.25, 0.3) is 10.8 Å². The van der Waals surface area contributed by atoms with Crippen LogP contribution in [-0.4, -0.2) is 51.7 Å². The molecule has 0 aromatic heterocycles. The molecule has 0 saturated carbocycles. The summed E-state index contributed by atoms with van der Waals surface area (Å²) in [5.41, 5.74) is 0.379. The molecule has 0 radical (unpaired) electrons. The first kappa shape index (κ1) is 29.6. The molecule has 39 heavy (non-hydrogen) atoms. The van der Waals surface area contributed by atoms with E-state index in [0.29, 0.717) is 11.3 Å². The van der Waals surface area contributed by atoms with Crippen LogP contribution >= 0.6 is 0 Å². The van der Waals surface area contributed by atoms with Gasteiger partial charge in [0.05, 0.1) is 6.61 Å². The minimum absolute atomic E-state index is 0.420. The van der Waals surface area contributed by atoms with E-state index in [1.807, 2.05) is 67.6 Å². The molecule has 3 amide bonds. The molecular formula is C31H39N3O5. The van der Waals surface area contributed by atoms with E-state index in [2.05, 4.69) is 10.6 Å². The highest BCUT2D eigenvalue weighted by Gasteiger charge is 2.42. The van der Waals surface area contributed by atoms with E-state index in [-0.39, 0.29) is 0 Å². The number of fused-ring (bicyclic) bond motifs is 1. The molecule has 0 saturated heterocycles. The molecule has 8 nitrogen and oxygen atoms in total. The zero-order valence-corrected chi connectivity index (χ0v) is 23.7. The minimum atomic E-state index is -1.32. The number of aryl methyl sites for hydroxylation is 1. The first-order valence-electron chi connectivity index (χ1n) is 13.0. The maximum Gasteiger partial charge on any atom is 0.408 e. The third-order valence-electron chi connectivity index (χ3n) is 6.14. The molecule has 0 spiro atoms. The van der Waals surface area contributed by atoms with E-state index in [9.17, 15) is 19.5 Å². The molecule has 3 N–H and O–H groups in total. The Kier molecular flexibility index (Phi) is 9.02. The Morgan fingerprint density at radius 1 is 0.897 bits per heavy atom. The third-order valence-corrected chi connectivity index (χ3v) is 6.14. The molecule has 208 valence electrons. The number of ether oxygens (including phenoxy) is 1. The number of anilines is 1. The van der Waals surface area contributed by atoms with Crippen LogP contribution < -0.4 is 10.6 Å². The van der Waals surface area contributed by atoms with Crippen molar-refractivity contribution in [2.24, 2.45) is 0 Å². The van der Waals surface area contributed by atoms with Gasteiger partial charge in [-0.3, -0.25) is 9.59 Å². The van der Waals surface area contributed by atoms with Crippen LogP contribution in [0, 0.1) is 6.92 Å².